The molecule has 0 bridgehead atoms. The zero-order valence-corrected chi connectivity index (χ0v) is 15.0. The maximum absolute atomic E-state index is 11.3. The number of guanidine groups is 1. The van der Waals surface area contributed by atoms with Crippen LogP contribution in [-0.4, -0.2) is 42.7 Å². The first-order valence-electron chi connectivity index (χ1n) is 8.25. The van der Waals surface area contributed by atoms with Crippen molar-refractivity contribution in [3.8, 4) is 0 Å². The van der Waals surface area contributed by atoms with Gasteiger partial charge in [-0.3, -0.25) is 4.99 Å². The van der Waals surface area contributed by atoms with Gasteiger partial charge in [0.25, 0.3) is 0 Å². The maximum atomic E-state index is 11.3. The lowest BCUT2D eigenvalue weighted by molar-refractivity contribution is 0.0697. The van der Waals surface area contributed by atoms with E-state index in [4.69, 9.17) is 0 Å². The molecule has 1 aliphatic rings. The van der Waals surface area contributed by atoms with Crippen LogP contribution in [0.3, 0.4) is 0 Å². The number of hydrogen-bond acceptors (Lipinski definition) is 4. The molecule has 0 aliphatic carbocycles. The molecular weight excluding hydrogens is 342 g/mol. The summed E-state index contributed by atoms with van der Waals surface area (Å²) in [6.07, 6.45) is 0. The molecule has 0 spiro atoms. The second kappa shape index (κ2) is 7.65. The highest BCUT2D eigenvalue weighted by Crippen LogP contribution is 2.33. The first kappa shape index (κ1) is 18.1. The van der Waals surface area contributed by atoms with Gasteiger partial charge in [-0.1, -0.05) is 30.8 Å². The number of anilines is 1. The number of para-hydroxylation sites is 1. The molecule has 0 unspecified atom stereocenters. The zero-order valence-electron chi connectivity index (χ0n) is 15.0. The van der Waals surface area contributed by atoms with Crippen molar-refractivity contribution >= 4 is 40.4 Å². The molecule has 7 heteroatoms. The number of aromatic carboxylic acids is 1. The second-order valence-corrected chi connectivity index (χ2v) is 5.72. The Bertz CT molecular complexity index is 991. The molecular formula is C20H19N5O2. The van der Waals surface area contributed by atoms with Gasteiger partial charge < -0.3 is 15.7 Å². The minimum atomic E-state index is -1.01. The molecule has 0 saturated carbocycles. The maximum Gasteiger partial charge on any atom is 0.335 e. The molecule has 2 aromatic rings. The van der Waals surface area contributed by atoms with Crippen LogP contribution in [0.5, 0.6) is 0 Å². The van der Waals surface area contributed by atoms with Gasteiger partial charge in [0.2, 0.25) is 5.96 Å². The number of nitrogens with zero attached hydrogens (tertiary/aromatic N) is 3. The molecule has 0 radical (unpaired) electrons. The third kappa shape index (κ3) is 3.77. The number of carboxylic acid groups (broad SMARTS) is 1. The molecule has 0 amide bonds. The van der Waals surface area contributed by atoms with Crippen LogP contribution in [0, 0.1) is 0 Å². The average Bonchev–Trinajstić information content (AvgIpc) is 2.68. The fraction of sp³-hybridized carbons (Fsp3) is 0.100. The molecule has 0 aromatic heterocycles. The number of fused-ring (bicyclic) bond motifs is 1. The third-order valence-corrected chi connectivity index (χ3v) is 4.00. The summed E-state index contributed by atoms with van der Waals surface area (Å²) in [6.45, 7) is 4.14. The number of amidine groups is 1. The van der Waals surface area contributed by atoms with E-state index < -0.39 is 5.97 Å². The molecule has 27 heavy (non-hydrogen) atoms. The SMILES string of the molecule is C=C1/C(=N\C(=N/C)NC)C(Nc2ccccc2)=Nc2cc(C(=O)O)ccc21. The van der Waals surface area contributed by atoms with E-state index in [9.17, 15) is 9.90 Å². The predicted octanol–water partition coefficient (Wildman–Crippen LogP) is 3.20. The summed E-state index contributed by atoms with van der Waals surface area (Å²) < 4.78 is 0. The quantitative estimate of drug-likeness (QED) is 0.565. The number of rotatable bonds is 2. The number of hydrogen-bond donors (Lipinski definition) is 3. The summed E-state index contributed by atoms with van der Waals surface area (Å²) >= 11 is 0. The molecule has 136 valence electrons. The Morgan fingerprint density at radius 1 is 1.19 bits per heavy atom. The Labute approximate surface area is 156 Å². The van der Waals surface area contributed by atoms with E-state index >= 15 is 0 Å². The summed E-state index contributed by atoms with van der Waals surface area (Å²) in [6, 6.07) is 14.3. The van der Waals surface area contributed by atoms with Crippen molar-refractivity contribution in [3.63, 3.8) is 0 Å². The van der Waals surface area contributed by atoms with E-state index in [1.807, 2.05) is 30.3 Å². The highest BCUT2D eigenvalue weighted by Gasteiger charge is 2.24. The Balaban J connectivity index is 2.14. The third-order valence-electron chi connectivity index (χ3n) is 4.00. The molecule has 1 heterocycles. The number of carboxylic acids is 1. The number of aliphatic imine (C=N–C) groups is 3. The van der Waals surface area contributed by atoms with Crippen molar-refractivity contribution < 1.29 is 9.90 Å². The molecule has 0 fully saturated rings. The van der Waals surface area contributed by atoms with Crippen molar-refractivity contribution in [2.24, 2.45) is 15.0 Å². The van der Waals surface area contributed by atoms with E-state index in [0.717, 1.165) is 11.3 Å². The Hall–Kier alpha value is -3.74. The van der Waals surface area contributed by atoms with Gasteiger partial charge in [0.1, 0.15) is 5.71 Å². The minimum Gasteiger partial charge on any atom is -0.478 e. The Morgan fingerprint density at radius 3 is 2.56 bits per heavy atom. The van der Waals surface area contributed by atoms with Crippen LogP contribution >= 0.6 is 0 Å². The largest absolute Gasteiger partial charge is 0.478 e. The Kier molecular flexibility index (Phi) is 5.12. The zero-order chi connectivity index (χ0) is 19.4. The highest BCUT2D eigenvalue weighted by atomic mass is 16.4. The minimum absolute atomic E-state index is 0.163. The number of benzene rings is 2. The number of carbonyl (C=O) groups is 1. The molecule has 3 rings (SSSR count). The van der Waals surface area contributed by atoms with Gasteiger partial charge in [0.15, 0.2) is 5.84 Å². The van der Waals surface area contributed by atoms with Gasteiger partial charge in [0, 0.05) is 30.9 Å². The van der Waals surface area contributed by atoms with Crippen molar-refractivity contribution in [2.75, 3.05) is 19.4 Å². The first-order chi connectivity index (χ1) is 13.0. The van der Waals surface area contributed by atoms with E-state index in [-0.39, 0.29) is 5.56 Å². The lowest BCUT2D eigenvalue weighted by atomic mass is 9.95. The predicted molar refractivity (Wildman–Crippen MR) is 109 cm³/mol. The first-order valence-corrected chi connectivity index (χ1v) is 8.25. The van der Waals surface area contributed by atoms with Gasteiger partial charge in [-0.2, -0.15) is 0 Å². The van der Waals surface area contributed by atoms with Crippen molar-refractivity contribution in [2.45, 2.75) is 0 Å². The number of nitrogens with one attached hydrogen (secondary N) is 2. The summed E-state index contributed by atoms with van der Waals surface area (Å²) in [7, 11) is 3.36. The Morgan fingerprint density at radius 2 is 1.93 bits per heavy atom. The van der Waals surface area contributed by atoms with Gasteiger partial charge in [0.05, 0.1) is 11.3 Å². The van der Waals surface area contributed by atoms with Gasteiger partial charge in [-0.05, 0) is 24.3 Å². The molecule has 2 aromatic carbocycles. The smallest absolute Gasteiger partial charge is 0.335 e. The van der Waals surface area contributed by atoms with E-state index in [1.54, 1.807) is 20.2 Å². The standard InChI is InChI=1S/C20H19N5O2/c1-12-15-10-9-13(19(26)27)11-16(15)24-18(17(12)25-20(21-2)22-3)23-14-7-5-4-6-8-14/h4-11H,1H2,2-3H3,(H,21,22)(H,23,24)(H,26,27)/b25-17+. The fourth-order valence-corrected chi connectivity index (χ4v) is 2.65. The lowest BCUT2D eigenvalue weighted by Crippen LogP contribution is -2.29. The normalized spacial score (nSPS) is 15.2. The molecule has 3 N–H and O–H groups in total. The van der Waals surface area contributed by atoms with E-state index in [1.165, 1.54) is 12.1 Å². The average molecular weight is 361 g/mol. The van der Waals surface area contributed by atoms with Crippen LogP contribution in [0.2, 0.25) is 0 Å². The van der Waals surface area contributed by atoms with Gasteiger partial charge in [-0.15, -0.1) is 0 Å². The topological polar surface area (TPSA) is 98.4 Å². The molecule has 0 saturated heterocycles. The van der Waals surface area contributed by atoms with Gasteiger partial charge >= 0.3 is 5.97 Å². The van der Waals surface area contributed by atoms with Crippen LogP contribution in [0.4, 0.5) is 11.4 Å². The van der Waals surface area contributed by atoms with Crippen LogP contribution in [-0.2, 0) is 0 Å². The fourth-order valence-electron chi connectivity index (χ4n) is 2.65. The van der Waals surface area contributed by atoms with Gasteiger partial charge in [-0.25, -0.2) is 14.8 Å². The van der Waals surface area contributed by atoms with Crippen LogP contribution in [0.15, 0.2) is 70.1 Å². The molecule has 1 aliphatic heterocycles. The highest BCUT2D eigenvalue weighted by molar-refractivity contribution is 6.62. The monoisotopic (exact) mass is 361 g/mol. The van der Waals surface area contributed by atoms with Crippen LogP contribution in [0.1, 0.15) is 15.9 Å². The summed E-state index contributed by atoms with van der Waals surface area (Å²) in [5, 5.41) is 15.4. The van der Waals surface area contributed by atoms with Crippen molar-refractivity contribution in [1.82, 2.24) is 5.32 Å². The summed E-state index contributed by atoms with van der Waals surface area (Å²) in [5.74, 6) is -0.108. The summed E-state index contributed by atoms with van der Waals surface area (Å²) in [5.41, 5.74) is 3.40. The summed E-state index contributed by atoms with van der Waals surface area (Å²) in [4.78, 5) is 24.5. The van der Waals surface area contributed by atoms with Crippen molar-refractivity contribution in [3.05, 3.63) is 66.2 Å². The van der Waals surface area contributed by atoms with Crippen molar-refractivity contribution in [1.29, 1.82) is 0 Å². The second-order valence-electron chi connectivity index (χ2n) is 5.72. The van der Waals surface area contributed by atoms with E-state index in [2.05, 4.69) is 32.2 Å². The van der Waals surface area contributed by atoms with Crippen LogP contribution < -0.4 is 10.6 Å². The van der Waals surface area contributed by atoms with Crippen LogP contribution in [0.25, 0.3) is 5.57 Å². The molecule has 7 nitrogen and oxygen atoms in total. The lowest BCUT2D eigenvalue weighted by Gasteiger charge is -2.21. The molecule has 0 atom stereocenters. The van der Waals surface area contributed by atoms with E-state index in [0.29, 0.717) is 28.8 Å².